The molecule has 0 atom stereocenters. The highest BCUT2D eigenvalue weighted by Gasteiger charge is 2.20. The topological polar surface area (TPSA) is 73.2 Å². The van der Waals surface area contributed by atoms with Crippen LogP contribution in [0.2, 0.25) is 0 Å². The first kappa shape index (κ1) is 14.4. The highest BCUT2D eigenvalue weighted by molar-refractivity contribution is 7.87. The molecular formula is C9H19N3O2S. The van der Waals surface area contributed by atoms with Crippen molar-refractivity contribution in [1.82, 2.24) is 9.03 Å². The van der Waals surface area contributed by atoms with Crippen molar-refractivity contribution < 1.29 is 8.42 Å². The lowest BCUT2D eigenvalue weighted by molar-refractivity contribution is 0.430. The summed E-state index contributed by atoms with van der Waals surface area (Å²) < 4.78 is 27.0. The largest absolute Gasteiger partial charge is 0.280 e. The quantitative estimate of drug-likeness (QED) is 0.658. The fraction of sp³-hybridized carbons (Fsp3) is 0.889. The Morgan fingerprint density at radius 1 is 1.47 bits per heavy atom. The maximum absolute atomic E-state index is 11.7. The van der Waals surface area contributed by atoms with Crippen LogP contribution in [0.4, 0.5) is 0 Å². The van der Waals surface area contributed by atoms with Gasteiger partial charge in [-0.15, -0.1) is 0 Å². The summed E-state index contributed by atoms with van der Waals surface area (Å²) in [6.07, 6.45) is 0.699. The lowest BCUT2D eigenvalue weighted by Gasteiger charge is -2.19. The zero-order chi connectivity index (χ0) is 11.9. The van der Waals surface area contributed by atoms with E-state index in [2.05, 4.69) is 4.72 Å². The van der Waals surface area contributed by atoms with Gasteiger partial charge < -0.3 is 0 Å². The first-order valence-corrected chi connectivity index (χ1v) is 6.49. The second-order valence-electron chi connectivity index (χ2n) is 3.74. The molecule has 0 saturated carbocycles. The van der Waals surface area contributed by atoms with Gasteiger partial charge in [-0.25, -0.2) is 4.72 Å². The van der Waals surface area contributed by atoms with Crippen LogP contribution >= 0.6 is 0 Å². The third-order valence-corrected chi connectivity index (χ3v) is 3.26. The van der Waals surface area contributed by atoms with Crippen molar-refractivity contribution in [3.63, 3.8) is 0 Å². The standard InChI is InChI=1S/C9H19N3O2S/c1-4-6-12(7-5-10)15(13,14)11-8-9(2)3/h9,11H,4,6-8H2,1-3H3. The minimum atomic E-state index is -3.48. The summed E-state index contributed by atoms with van der Waals surface area (Å²) in [5.41, 5.74) is 0. The van der Waals surface area contributed by atoms with E-state index in [0.717, 1.165) is 4.31 Å². The van der Waals surface area contributed by atoms with Crippen molar-refractivity contribution in [2.24, 2.45) is 5.92 Å². The Labute approximate surface area is 92.3 Å². The summed E-state index contributed by atoms with van der Waals surface area (Å²) in [6.45, 7) is 6.41. The molecule has 0 radical (unpaired) electrons. The molecule has 0 aromatic carbocycles. The van der Waals surface area contributed by atoms with Gasteiger partial charge in [0.2, 0.25) is 0 Å². The van der Waals surface area contributed by atoms with E-state index in [-0.39, 0.29) is 12.5 Å². The van der Waals surface area contributed by atoms with Gasteiger partial charge in [0.05, 0.1) is 6.07 Å². The molecule has 88 valence electrons. The SMILES string of the molecule is CCCN(CC#N)S(=O)(=O)NCC(C)C. The van der Waals surface area contributed by atoms with Gasteiger partial charge in [0, 0.05) is 13.1 Å². The van der Waals surface area contributed by atoms with Gasteiger partial charge in [0.15, 0.2) is 0 Å². The molecule has 0 amide bonds. The third-order valence-electron chi connectivity index (χ3n) is 1.73. The normalized spacial score (nSPS) is 12.0. The van der Waals surface area contributed by atoms with Crippen LogP contribution in [0, 0.1) is 17.2 Å². The smallest absolute Gasteiger partial charge is 0.202 e. The molecule has 0 aliphatic heterocycles. The predicted molar refractivity (Wildman–Crippen MR) is 59.2 cm³/mol. The molecule has 0 aromatic rings. The molecule has 0 unspecified atom stereocenters. The second kappa shape index (κ2) is 6.77. The fourth-order valence-electron chi connectivity index (χ4n) is 0.976. The van der Waals surface area contributed by atoms with Crippen molar-refractivity contribution in [2.45, 2.75) is 27.2 Å². The molecule has 0 saturated heterocycles. The van der Waals surface area contributed by atoms with Crippen LogP contribution in [-0.4, -0.2) is 32.4 Å². The molecule has 0 heterocycles. The number of hydrogen-bond donors (Lipinski definition) is 1. The zero-order valence-corrected chi connectivity index (χ0v) is 10.3. The van der Waals surface area contributed by atoms with Crippen molar-refractivity contribution in [2.75, 3.05) is 19.6 Å². The molecule has 6 heteroatoms. The number of nitrogens with one attached hydrogen (secondary N) is 1. The Kier molecular flexibility index (Phi) is 6.48. The molecule has 0 spiro atoms. The lowest BCUT2D eigenvalue weighted by Crippen LogP contribution is -2.42. The Morgan fingerprint density at radius 2 is 2.07 bits per heavy atom. The van der Waals surface area contributed by atoms with Crippen LogP contribution in [0.5, 0.6) is 0 Å². The minimum Gasteiger partial charge on any atom is -0.202 e. The van der Waals surface area contributed by atoms with Crippen molar-refractivity contribution in [1.29, 1.82) is 5.26 Å². The summed E-state index contributed by atoms with van der Waals surface area (Å²) in [6, 6.07) is 1.85. The van der Waals surface area contributed by atoms with Crippen LogP contribution < -0.4 is 4.72 Å². The molecule has 0 aliphatic carbocycles. The molecule has 0 aromatic heterocycles. The molecule has 0 fully saturated rings. The Morgan fingerprint density at radius 3 is 2.47 bits per heavy atom. The summed E-state index contributed by atoms with van der Waals surface area (Å²) >= 11 is 0. The first-order valence-electron chi connectivity index (χ1n) is 5.05. The highest BCUT2D eigenvalue weighted by atomic mass is 32.2. The average Bonchev–Trinajstić information content (AvgIpc) is 2.15. The van der Waals surface area contributed by atoms with E-state index < -0.39 is 10.2 Å². The number of nitriles is 1. The van der Waals surface area contributed by atoms with Crippen molar-refractivity contribution >= 4 is 10.2 Å². The fourth-order valence-corrected chi connectivity index (χ4v) is 2.35. The summed E-state index contributed by atoms with van der Waals surface area (Å²) in [4.78, 5) is 0. The van der Waals surface area contributed by atoms with Crippen LogP contribution in [0.1, 0.15) is 27.2 Å². The van der Waals surface area contributed by atoms with Gasteiger partial charge in [-0.05, 0) is 12.3 Å². The molecule has 15 heavy (non-hydrogen) atoms. The molecular weight excluding hydrogens is 214 g/mol. The number of nitrogens with zero attached hydrogens (tertiary/aromatic N) is 2. The van der Waals surface area contributed by atoms with Crippen LogP contribution in [0.15, 0.2) is 0 Å². The van der Waals surface area contributed by atoms with Gasteiger partial charge in [-0.1, -0.05) is 20.8 Å². The first-order chi connectivity index (χ1) is 6.94. The van der Waals surface area contributed by atoms with E-state index in [1.165, 1.54) is 0 Å². The molecule has 0 bridgehead atoms. The predicted octanol–water partition coefficient (Wildman–Crippen LogP) is 0.712. The zero-order valence-electron chi connectivity index (χ0n) is 9.52. The monoisotopic (exact) mass is 233 g/mol. The van der Waals surface area contributed by atoms with Crippen LogP contribution in [0.3, 0.4) is 0 Å². The van der Waals surface area contributed by atoms with E-state index in [1.807, 2.05) is 26.8 Å². The van der Waals surface area contributed by atoms with Gasteiger partial charge in [0.1, 0.15) is 6.54 Å². The summed E-state index contributed by atoms with van der Waals surface area (Å²) in [5.74, 6) is 0.255. The molecule has 1 N–H and O–H groups in total. The van der Waals surface area contributed by atoms with E-state index in [9.17, 15) is 8.42 Å². The van der Waals surface area contributed by atoms with Crippen LogP contribution in [-0.2, 0) is 10.2 Å². The number of hydrogen-bond acceptors (Lipinski definition) is 3. The summed E-state index contributed by atoms with van der Waals surface area (Å²) in [7, 11) is -3.48. The van der Waals surface area contributed by atoms with Gasteiger partial charge in [-0.2, -0.15) is 18.0 Å². The second-order valence-corrected chi connectivity index (χ2v) is 5.49. The minimum absolute atomic E-state index is 0.0960. The molecule has 5 nitrogen and oxygen atoms in total. The van der Waals surface area contributed by atoms with Crippen LogP contribution in [0.25, 0.3) is 0 Å². The summed E-state index contributed by atoms with van der Waals surface area (Å²) in [5, 5.41) is 8.52. The molecule has 0 aliphatic rings. The Hall–Kier alpha value is -0.640. The van der Waals surface area contributed by atoms with Crippen molar-refractivity contribution in [3.05, 3.63) is 0 Å². The van der Waals surface area contributed by atoms with Gasteiger partial charge >= 0.3 is 0 Å². The van der Waals surface area contributed by atoms with E-state index >= 15 is 0 Å². The van der Waals surface area contributed by atoms with Gasteiger partial charge in [0.25, 0.3) is 10.2 Å². The number of rotatable bonds is 7. The Balaban J connectivity index is 4.44. The van der Waals surface area contributed by atoms with Gasteiger partial charge in [-0.3, -0.25) is 0 Å². The Bertz CT molecular complexity index is 306. The lowest BCUT2D eigenvalue weighted by atomic mass is 10.2. The average molecular weight is 233 g/mol. The maximum Gasteiger partial charge on any atom is 0.280 e. The van der Waals surface area contributed by atoms with E-state index in [1.54, 1.807) is 0 Å². The van der Waals surface area contributed by atoms with Crippen molar-refractivity contribution in [3.8, 4) is 6.07 Å². The van der Waals surface area contributed by atoms with E-state index in [4.69, 9.17) is 5.26 Å². The van der Waals surface area contributed by atoms with E-state index in [0.29, 0.717) is 19.5 Å². The maximum atomic E-state index is 11.7. The third kappa shape index (κ3) is 5.72. The molecule has 0 rings (SSSR count). The highest BCUT2D eigenvalue weighted by Crippen LogP contribution is 2.00.